The summed E-state index contributed by atoms with van der Waals surface area (Å²) in [6.07, 6.45) is 2.09. The highest BCUT2D eigenvalue weighted by atomic mass is 79.9. The largest absolute Gasteiger partial charge is 0.324 e. The monoisotopic (exact) mass is 379 g/mol. The van der Waals surface area contributed by atoms with E-state index in [0.29, 0.717) is 18.9 Å². The minimum Gasteiger partial charge on any atom is -0.324 e. The Morgan fingerprint density at radius 3 is 2.82 bits per heavy atom. The zero-order valence-electron chi connectivity index (χ0n) is 11.9. The van der Waals surface area contributed by atoms with Gasteiger partial charge in [-0.2, -0.15) is 0 Å². The molecule has 1 aliphatic rings. The van der Waals surface area contributed by atoms with Crippen LogP contribution >= 0.6 is 27.7 Å². The van der Waals surface area contributed by atoms with Crippen molar-refractivity contribution in [1.29, 1.82) is 0 Å². The Morgan fingerprint density at radius 1 is 1.41 bits per heavy atom. The summed E-state index contributed by atoms with van der Waals surface area (Å²) < 4.78 is 1.01. The SMILES string of the molecule is CC(=O)SC1CC(=O)N(c2ncc(-c3ccc(Br)cc3)[nH]2)C1. The third-order valence-corrected chi connectivity index (χ3v) is 4.91. The van der Waals surface area contributed by atoms with Crippen LogP contribution in [0.5, 0.6) is 0 Å². The molecule has 2 heterocycles. The van der Waals surface area contributed by atoms with Crippen LogP contribution < -0.4 is 4.90 Å². The maximum atomic E-state index is 12.1. The van der Waals surface area contributed by atoms with Crippen LogP contribution in [0.3, 0.4) is 0 Å². The molecule has 1 aromatic heterocycles. The summed E-state index contributed by atoms with van der Waals surface area (Å²) in [5, 5.41) is 0.0425. The fourth-order valence-corrected chi connectivity index (χ4v) is 3.60. The number of benzene rings is 1. The second-order valence-corrected chi connectivity index (χ2v) is 7.46. The number of amides is 1. The molecule has 1 fully saturated rings. The van der Waals surface area contributed by atoms with Crippen molar-refractivity contribution in [2.45, 2.75) is 18.6 Å². The normalized spacial score (nSPS) is 18.0. The van der Waals surface area contributed by atoms with Crippen LogP contribution in [0.1, 0.15) is 13.3 Å². The van der Waals surface area contributed by atoms with Gasteiger partial charge in [0.05, 0.1) is 11.9 Å². The average Bonchev–Trinajstić information content (AvgIpc) is 3.06. The second-order valence-electron chi connectivity index (χ2n) is 5.07. The van der Waals surface area contributed by atoms with Gasteiger partial charge >= 0.3 is 0 Å². The number of hydrogen-bond acceptors (Lipinski definition) is 4. The smallest absolute Gasteiger partial charge is 0.230 e. The highest BCUT2D eigenvalue weighted by Gasteiger charge is 2.33. The molecule has 7 heteroatoms. The summed E-state index contributed by atoms with van der Waals surface area (Å²) >= 11 is 4.62. The zero-order valence-corrected chi connectivity index (χ0v) is 14.3. The van der Waals surface area contributed by atoms with E-state index in [1.807, 2.05) is 24.3 Å². The van der Waals surface area contributed by atoms with Gasteiger partial charge < -0.3 is 4.98 Å². The predicted octanol–water partition coefficient (Wildman–Crippen LogP) is 3.22. The lowest BCUT2D eigenvalue weighted by molar-refractivity contribution is -0.117. The third-order valence-electron chi connectivity index (χ3n) is 3.40. The van der Waals surface area contributed by atoms with Crippen LogP contribution in [0.2, 0.25) is 0 Å². The van der Waals surface area contributed by atoms with E-state index < -0.39 is 0 Å². The van der Waals surface area contributed by atoms with Gasteiger partial charge in [-0.15, -0.1) is 0 Å². The molecule has 1 amide bonds. The van der Waals surface area contributed by atoms with Crippen LogP contribution in [0.15, 0.2) is 34.9 Å². The minimum absolute atomic E-state index is 0.00421. The van der Waals surface area contributed by atoms with Crippen LogP contribution in [-0.4, -0.2) is 32.8 Å². The number of rotatable bonds is 3. The Bertz CT molecular complexity index is 714. The molecule has 22 heavy (non-hydrogen) atoms. The predicted molar refractivity (Wildman–Crippen MR) is 90.8 cm³/mol. The number of H-pyrrole nitrogens is 1. The summed E-state index contributed by atoms with van der Waals surface area (Å²) in [4.78, 5) is 32.4. The number of aromatic nitrogens is 2. The molecule has 1 unspecified atom stereocenters. The first-order valence-electron chi connectivity index (χ1n) is 6.81. The number of anilines is 1. The number of nitrogens with zero attached hydrogens (tertiary/aromatic N) is 2. The van der Waals surface area contributed by atoms with Crippen LogP contribution in [-0.2, 0) is 9.59 Å². The van der Waals surface area contributed by atoms with Crippen molar-refractivity contribution in [1.82, 2.24) is 9.97 Å². The van der Waals surface area contributed by atoms with Crippen molar-refractivity contribution in [3.8, 4) is 11.3 Å². The third kappa shape index (κ3) is 3.25. The van der Waals surface area contributed by atoms with E-state index in [1.54, 1.807) is 11.1 Å². The molecular formula is C15H14BrN3O2S. The number of carbonyl (C=O) groups excluding carboxylic acids is 2. The van der Waals surface area contributed by atoms with Gasteiger partial charge in [-0.3, -0.25) is 14.5 Å². The Kier molecular flexibility index (Phi) is 4.35. The lowest BCUT2D eigenvalue weighted by Gasteiger charge is -2.12. The van der Waals surface area contributed by atoms with E-state index in [9.17, 15) is 9.59 Å². The summed E-state index contributed by atoms with van der Waals surface area (Å²) in [6.45, 7) is 2.03. The molecule has 1 aromatic carbocycles. The standard InChI is InChI=1S/C15H14BrN3O2S/c1-9(20)22-12-6-14(21)19(8-12)15-17-7-13(18-15)10-2-4-11(16)5-3-10/h2-5,7,12H,6,8H2,1H3,(H,17,18). The fourth-order valence-electron chi connectivity index (χ4n) is 2.42. The van der Waals surface area contributed by atoms with Gasteiger partial charge in [-0.25, -0.2) is 4.98 Å². The molecule has 5 nitrogen and oxygen atoms in total. The highest BCUT2D eigenvalue weighted by Crippen LogP contribution is 2.28. The number of thioether (sulfide) groups is 1. The molecule has 0 aliphatic carbocycles. The summed E-state index contributed by atoms with van der Waals surface area (Å²) in [7, 11) is 0. The van der Waals surface area contributed by atoms with Gasteiger partial charge in [0.25, 0.3) is 0 Å². The lowest BCUT2D eigenvalue weighted by atomic mass is 10.2. The van der Waals surface area contributed by atoms with Crippen molar-refractivity contribution in [2.24, 2.45) is 0 Å². The van der Waals surface area contributed by atoms with Crippen LogP contribution in [0.25, 0.3) is 11.3 Å². The van der Waals surface area contributed by atoms with Crippen molar-refractivity contribution >= 4 is 44.7 Å². The Morgan fingerprint density at radius 2 is 2.14 bits per heavy atom. The molecule has 0 bridgehead atoms. The van der Waals surface area contributed by atoms with E-state index in [4.69, 9.17) is 0 Å². The molecule has 3 rings (SSSR count). The second kappa shape index (κ2) is 6.26. The number of hydrogen-bond donors (Lipinski definition) is 1. The number of aromatic amines is 1. The summed E-state index contributed by atoms with van der Waals surface area (Å²) in [5.41, 5.74) is 1.86. The lowest BCUT2D eigenvalue weighted by Crippen LogP contribution is -2.26. The van der Waals surface area contributed by atoms with Gasteiger partial charge in [0.1, 0.15) is 0 Å². The highest BCUT2D eigenvalue weighted by molar-refractivity contribution is 9.10. The van der Waals surface area contributed by atoms with Gasteiger partial charge in [0.15, 0.2) is 5.12 Å². The number of nitrogens with one attached hydrogen (secondary N) is 1. The van der Waals surface area contributed by atoms with Crippen LogP contribution in [0, 0.1) is 0 Å². The molecule has 1 atom stereocenters. The quantitative estimate of drug-likeness (QED) is 0.888. The van der Waals surface area contributed by atoms with Crippen molar-refractivity contribution in [3.63, 3.8) is 0 Å². The Hall–Kier alpha value is -1.60. The maximum Gasteiger partial charge on any atom is 0.230 e. The van der Waals surface area contributed by atoms with E-state index >= 15 is 0 Å². The average molecular weight is 380 g/mol. The Labute approximate surface area is 140 Å². The zero-order chi connectivity index (χ0) is 15.7. The number of carbonyl (C=O) groups is 2. The minimum atomic E-state index is -0.00421. The number of imidazole rings is 1. The molecule has 0 radical (unpaired) electrons. The summed E-state index contributed by atoms with van der Waals surface area (Å²) in [5.74, 6) is 0.532. The van der Waals surface area contributed by atoms with Crippen LogP contribution in [0.4, 0.5) is 5.95 Å². The summed E-state index contributed by atoms with van der Waals surface area (Å²) in [6, 6.07) is 7.86. The first-order chi connectivity index (χ1) is 10.5. The van der Waals surface area contributed by atoms with Gasteiger partial charge in [0, 0.05) is 29.6 Å². The van der Waals surface area contributed by atoms with Crippen molar-refractivity contribution in [2.75, 3.05) is 11.4 Å². The molecule has 1 N–H and O–H groups in total. The van der Waals surface area contributed by atoms with Gasteiger partial charge in [0.2, 0.25) is 11.9 Å². The molecule has 2 aromatic rings. The molecule has 0 spiro atoms. The van der Waals surface area contributed by atoms with Gasteiger partial charge in [-0.05, 0) is 17.7 Å². The fraction of sp³-hybridized carbons (Fsp3) is 0.267. The van der Waals surface area contributed by atoms with Crippen molar-refractivity contribution in [3.05, 3.63) is 34.9 Å². The first kappa shape index (κ1) is 15.3. The van der Waals surface area contributed by atoms with E-state index in [-0.39, 0.29) is 16.3 Å². The molecule has 114 valence electrons. The molecule has 1 saturated heterocycles. The van der Waals surface area contributed by atoms with Gasteiger partial charge in [-0.1, -0.05) is 39.8 Å². The molecular weight excluding hydrogens is 366 g/mol. The topological polar surface area (TPSA) is 66.1 Å². The van der Waals surface area contributed by atoms with Crippen molar-refractivity contribution < 1.29 is 9.59 Å². The van der Waals surface area contributed by atoms with E-state index in [1.165, 1.54) is 18.7 Å². The maximum absolute atomic E-state index is 12.1. The molecule has 1 aliphatic heterocycles. The Balaban J connectivity index is 1.77. The molecule has 0 saturated carbocycles. The van der Waals surface area contributed by atoms with E-state index in [2.05, 4.69) is 25.9 Å². The first-order valence-corrected chi connectivity index (χ1v) is 8.49. The number of halogens is 1. The van der Waals surface area contributed by atoms with E-state index in [0.717, 1.165) is 15.7 Å².